The summed E-state index contributed by atoms with van der Waals surface area (Å²) in [6.45, 7) is 5.95. The number of aromatic nitrogens is 1. The number of rotatable bonds is 6. The van der Waals surface area contributed by atoms with Crippen LogP contribution in [0.15, 0.2) is 23.3 Å². The van der Waals surface area contributed by atoms with E-state index >= 15 is 0 Å². The van der Waals surface area contributed by atoms with Crippen molar-refractivity contribution in [3.05, 3.63) is 23.9 Å². The van der Waals surface area contributed by atoms with Crippen molar-refractivity contribution in [1.29, 1.82) is 0 Å². The Morgan fingerprint density at radius 1 is 1.33 bits per heavy atom. The lowest BCUT2D eigenvalue weighted by Crippen LogP contribution is -2.37. The van der Waals surface area contributed by atoms with Gasteiger partial charge in [-0.05, 0) is 19.9 Å². The summed E-state index contributed by atoms with van der Waals surface area (Å²) in [7, 11) is 0. The number of nitrogens with two attached hydrogens (primary N) is 1. The lowest BCUT2D eigenvalue weighted by Gasteiger charge is -2.19. The summed E-state index contributed by atoms with van der Waals surface area (Å²) in [6, 6.07) is 2.11. The van der Waals surface area contributed by atoms with Crippen LogP contribution in [0.1, 0.15) is 19.4 Å². The van der Waals surface area contributed by atoms with E-state index in [1.807, 2.05) is 18.7 Å². The molecule has 0 amide bonds. The van der Waals surface area contributed by atoms with E-state index in [2.05, 4.69) is 9.98 Å². The Kier molecular flexibility index (Phi) is 6.26. The summed E-state index contributed by atoms with van der Waals surface area (Å²) in [5, 5.41) is 0. The Hall–Kier alpha value is -1.99. The lowest BCUT2D eigenvalue weighted by molar-refractivity contribution is -0.137. The summed E-state index contributed by atoms with van der Waals surface area (Å²) < 4.78 is 42.2. The minimum atomic E-state index is -4.39. The normalized spacial score (nSPS) is 12.3. The monoisotopic (exact) mass is 304 g/mol. The predicted octanol–water partition coefficient (Wildman–Crippen LogP) is 2.14. The number of alkyl halides is 3. The molecular formula is C13H19F3N4O. The van der Waals surface area contributed by atoms with Gasteiger partial charge in [-0.2, -0.15) is 13.2 Å². The highest BCUT2D eigenvalue weighted by atomic mass is 19.4. The van der Waals surface area contributed by atoms with Crippen LogP contribution in [0.3, 0.4) is 0 Å². The Bertz CT molecular complexity index is 455. The van der Waals surface area contributed by atoms with Gasteiger partial charge in [0, 0.05) is 25.4 Å². The van der Waals surface area contributed by atoms with Crippen LogP contribution >= 0.6 is 0 Å². The summed E-state index contributed by atoms with van der Waals surface area (Å²) >= 11 is 0. The molecule has 0 aliphatic carbocycles. The molecule has 118 valence electrons. The second-order valence-electron chi connectivity index (χ2n) is 4.14. The zero-order chi connectivity index (χ0) is 15.9. The van der Waals surface area contributed by atoms with Gasteiger partial charge in [-0.15, -0.1) is 0 Å². The molecule has 0 atom stereocenters. The van der Waals surface area contributed by atoms with E-state index < -0.39 is 11.7 Å². The van der Waals surface area contributed by atoms with Crippen molar-refractivity contribution in [2.75, 3.05) is 26.2 Å². The molecule has 0 aliphatic heterocycles. The van der Waals surface area contributed by atoms with Crippen LogP contribution in [0, 0.1) is 0 Å². The number of guanidine groups is 1. The first-order valence-corrected chi connectivity index (χ1v) is 6.59. The first kappa shape index (κ1) is 17.1. The van der Waals surface area contributed by atoms with Crippen molar-refractivity contribution in [2.24, 2.45) is 10.7 Å². The Morgan fingerprint density at radius 3 is 2.48 bits per heavy atom. The molecule has 1 aromatic heterocycles. The smallest absolute Gasteiger partial charge is 0.417 e. The molecule has 0 aromatic carbocycles. The molecule has 0 bridgehead atoms. The van der Waals surface area contributed by atoms with E-state index in [9.17, 15) is 13.2 Å². The summed E-state index contributed by atoms with van der Waals surface area (Å²) in [5.41, 5.74) is 4.96. The maximum atomic E-state index is 12.3. The number of pyridine rings is 1. The van der Waals surface area contributed by atoms with E-state index in [1.54, 1.807) is 0 Å². The van der Waals surface area contributed by atoms with Crippen molar-refractivity contribution in [3.63, 3.8) is 0 Å². The molecule has 0 saturated carbocycles. The van der Waals surface area contributed by atoms with Crippen molar-refractivity contribution in [3.8, 4) is 5.88 Å². The third-order valence-electron chi connectivity index (χ3n) is 2.77. The molecule has 0 saturated heterocycles. The maximum absolute atomic E-state index is 12.3. The topological polar surface area (TPSA) is 63.7 Å². The van der Waals surface area contributed by atoms with Crippen LogP contribution < -0.4 is 10.5 Å². The van der Waals surface area contributed by atoms with Gasteiger partial charge in [-0.25, -0.2) is 9.98 Å². The van der Waals surface area contributed by atoms with Gasteiger partial charge in [0.1, 0.15) is 6.61 Å². The van der Waals surface area contributed by atoms with E-state index in [0.717, 1.165) is 25.4 Å². The molecule has 0 aliphatic rings. The van der Waals surface area contributed by atoms with Gasteiger partial charge >= 0.3 is 6.18 Å². The van der Waals surface area contributed by atoms with Gasteiger partial charge in [0.2, 0.25) is 5.88 Å². The standard InChI is InChI=1S/C13H19F3N4O/c1-3-20(4-2)12(17)18-7-8-21-11-6-5-10(9-19-11)13(14,15)16/h5-6,9H,3-4,7-8H2,1-2H3,(H2,17,18). The molecule has 0 unspecified atom stereocenters. The fraction of sp³-hybridized carbons (Fsp3) is 0.538. The number of nitrogens with zero attached hydrogens (tertiary/aromatic N) is 3. The van der Waals surface area contributed by atoms with E-state index in [-0.39, 0.29) is 12.5 Å². The number of hydrogen-bond donors (Lipinski definition) is 1. The Balaban J connectivity index is 2.44. The van der Waals surface area contributed by atoms with Crippen LogP contribution in [-0.2, 0) is 6.18 Å². The van der Waals surface area contributed by atoms with Gasteiger partial charge in [0.15, 0.2) is 5.96 Å². The first-order valence-electron chi connectivity index (χ1n) is 6.59. The number of ether oxygens (including phenoxy) is 1. The summed E-state index contributed by atoms with van der Waals surface area (Å²) in [5.74, 6) is 0.545. The largest absolute Gasteiger partial charge is 0.476 e. The predicted molar refractivity (Wildman–Crippen MR) is 74.1 cm³/mol. The zero-order valence-electron chi connectivity index (χ0n) is 12.0. The third kappa shape index (κ3) is 5.49. The van der Waals surface area contributed by atoms with Crippen molar-refractivity contribution in [2.45, 2.75) is 20.0 Å². The number of aliphatic imine (C=N–C) groups is 1. The highest BCUT2D eigenvalue weighted by Gasteiger charge is 2.30. The number of halogens is 3. The average molecular weight is 304 g/mol. The highest BCUT2D eigenvalue weighted by Crippen LogP contribution is 2.29. The van der Waals surface area contributed by atoms with E-state index in [4.69, 9.17) is 10.5 Å². The van der Waals surface area contributed by atoms with Gasteiger partial charge in [-0.1, -0.05) is 0 Å². The van der Waals surface area contributed by atoms with E-state index in [1.165, 1.54) is 6.07 Å². The molecule has 21 heavy (non-hydrogen) atoms. The SMILES string of the molecule is CCN(CC)C(N)=NCCOc1ccc(C(F)(F)F)cn1. The maximum Gasteiger partial charge on any atom is 0.417 e. The van der Waals surface area contributed by atoms with Gasteiger partial charge in [0.05, 0.1) is 12.1 Å². The lowest BCUT2D eigenvalue weighted by atomic mass is 10.3. The van der Waals surface area contributed by atoms with Crippen molar-refractivity contribution < 1.29 is 17.9 Å². The fourth-order valence-corrected chi connectivity index (χ4v) is 1.59. The molecular weight excluding hydrogens is 285 g/mol. The van der Waals surface area contributed by atoms with Crippen LogP contribution in [0.4, 0.5) is 13.2 Å². The summed E-state index contributed by atoms with van der Waals surface area (Å²) in [4.78, 5) is 9.61. The number of hydrogen-bond acceptors (Lipinski definition) is 3. The minimum Gasteiger partial charge on any atom is -0.476 e. The zero-order valence-corrected chi connectivity index (χ0v) is 12.0. The van der Waals surface area contributed by atoms with Gasteiger partial charge < -0.3 is 15.4 Å². The molecule has 5 nitrogen and oxygen atoms in total. The van der Waals surface area contributed by atoms with Crippen LogP contribution in [0.25, 0.3) is 0 Å². The van der Waals surface area contributed by atoms with Crippen molar-refractivity contribution in [1.82, 2.24) is 9.88 Å². The Labute approximate surface area is 121 Å². The molecule has 1 aromatic rings. The molecule has 8 heteroatoms. The van der Waals surface area contributed by atoms with Gasteiger partial charge in [0.25, 0.3) is 0 Å². The second-order valence-corrected chi connectivity index (χ2v) is 4.14. The molecule has 1 heterocycles. The van der Waals surface area contributed by atoms with Crippen LogP contribution in [-0.4, -0.2) is 42.1 Å². The quantitative estimate of drug-likeness (QED) is 0.497. The highest BCUT2D eigenvalue weighted by molar-refractivity contribution is 5.77. The molecule has 0 radical (unpaired) electrons. The Morgan fingerprint density at radius 2 is 2.00 bits per heavy atom. The molecule has 0 spiro atoms. The van der Waals surface area contributed by atoms with E-state index in [0.29, 0.717) is 12.5 Å². The average Bonchev–Trinajstić information content (AvgIpc) is 2.44. The first-order chi connectivity index (χ1) is 9.88. The van der Waals surface area contributed by atoms with Gasteiger partial charge in [-0.3, -0.25) is 0 Å². The minimum absolute atomic E-state index is 0.125. The van der Waals surface area contributed by atoms with Crippen LogP contribution in [0.2, 0.25) is 0 Å². The van der Waals surface area contributed by atoms with Crippen LogP contribution in [0.5, 0.6) is 5.88 Å². The third-order valence-corrected chi connectivity index (χ3v) is 2.77. The van der Waals surface area contributed by atoms with Crippen molar-refractivity contribution >= 4 is 5.96 Å². The summed E-state index contributed by atoms with van der Waals surface area (Å²) in [6.07, 6.45) is -3.66. The molecule has 2 N–H and O–H groups in total. The fourth-order valence-electron chi connectivity index (χ4n) is 1.59. The second kappa shape index (κ2) is 7.70. The molecule has 1 rings (SSSR count). The molecule has 0 fully saturated rings.